The van der Waals surface area contributed by atoms with E-state index in [-0.39, 0.29) is 0 Å². The Bertz CT molecular complexity index is 382. The molecule has 18 heavy (non-hydrogen) atoms. The first kappa shape index (κ1) is 14.8. The Balaban J connectivity index is 2.93. The van der Waals surface area contributed by atoms with E-state index in [0.717, 1.165) is 12.2 Å². The molecule has 1 unspecified atom stereocenters. The van der Waals surface area contributed by atoms with Crippen LogP contribution in [0.4, 0.5) is 18.9 Å². The van der Waals surface area contributed by atoms with Crippen LogP contribution in [0.2, 0.25) is 0 Å². The molecule has 0 heterocycles. The maximum absolute atomic E-state index is 12.4. The van der Waals surface area contributed by atoms with Crippen LogP contribution in [-0.4, -0.2) is 19.8 Å². The number of rotatable bonds is 5. The fourth-order valence-electron chi connectivity index (χ4n) is 1.60. The van der Waals surface area contributed by atoms with Gasteiger partial charge in [-0.05, 0) is 24.6 Å². The van der Waals surface area contributed by atoms with Crippen molar-refractivity contribution in [2.45, 2.75) is 25.6 Å². The first-order valence-electron chi connectivity index (χ1n) is 5.60. The molecule has 0 saturated carbocycles. The lowest BCUT2D eigenvalue weighted by atomic mass is 10.1. The van der Waals surface area contributed by atoms with Crippen LogP contribution in [0, 0.1) is 0 Å². The largest absolute Gasteiger partial charge is 0.392 e. The van der Waals surface area contributed by atoms with Gasteiger partial charge in [-0.3, -0.25) is 4.84 Å². The van der Waals surface area contributed by atoms with E-state index in [1.165, 1.54) is 0 Å². The molecule has 0 amide bonds. The molecular formula is C12H17F3N2O. The van der Waals surface area contributed by atoms with E-state index in [0.29, 0.717) is 5.56 Å². The fourth-order valence-corrected chi connectivity index (χ4v) is 1.60. The van der Waals surface area contributed by atoms with Crippen LogP contribution in [0.15, 0.2) is 24.3 Å². The van der Waals surface area contributed by atoms with Gasteiger partial charge in [0, 0.05) is 19.3 Å². The summed E-state index contributed by atoms with van der Waals surface area (Å²) in [5.74, 6) is 4.96. The number of nitrogens with zero attached hydrogens (tertiary/aromatic N) is 1. The predicted molar refractivity (Wildman–Crippen MR) is 64.1 cm³/mol. The number of anilines is 1. The van der Waals surface area contributed by atoms with Crippen LogP contribution >= 0.6 is 0 Å². The molecule has 0 spiro atoms. The smallest absolute Gasteiger partial charge is 0.375 e. The maximum Gasteiger partial charge on any atom is 0.392 e. The SMILES string of the molecule is CCN(C)c1cccc(C(CC(F)(F)F)ON)c1. The van der Waals surface area contributed by atoms with E-state index in [2.05, 4.69) is 4.84 Å². The maximum atomic E-state index is 12.4. The Kier molecular flexibility index (Phi) is 4.98. The first-order valence-corrected chi connectivity index (χ1v) is 5.60. The van der Waals surface area contributed by atoms with Crippen molar-refractivity contribution in [3.63, 3.8) is 0 Å². The minimum Gasteiger partial charge on any atom is -0.375 e. The molecule has 1 aromatic rings. The van der Waals surface area contributed by atoms with Crippen molar-refractivity contribution < 1.29 is 18.0 Å². The molecule has 0 radical (unpaired) electrons. The average molecular weight is 262 g/mol. The molecule has 3 nitrogen and oxygen atoms in total. The second-order valence-electron chi connectivity index (χ2n) is 4.05. The zero-order valence-electron chi connectivity index (χ0n) is 10.4. The molecule has 6 heteroatoms. The molecule has 0 bridgehead atoms. The zero-order chi connectivity index (χ0) is 13.8. The van der Waals surface area contributed by atoms with Crippen molar-refractivity contribution in [3.8, 4) is 0 Å². The van der Waals surface area contributed by atoms with E-state index in [4.69, 9.17) is 5.90 Å². The first-order chi connectivity index (χ1) is 8.37. The lowest BCUT2D eigenvalue weighted by Gasteiger charge is -2.21. The lowest BCUT2D eigenvalue weighted by molar-refractivity contribution is -0.162. The van der Waals surface area contributed by atoms with Gasteiger partial charge >= 0.3 is 6.18 Å². The van der Waals surface area contributed by atoms with Gasteiger partial charge in [-0.2, -0.15) is 13.2 Å². The van der Waals surface area contributed by atoms with E-state index < -0.39 is 18.7 Å². The topological polar surface area (TPSA) is 38.5 Å². The molecule has 0 saturated heterocycles. The molecule has 0 aromatic heterocycles. The van der Waals surface area contributed by atoms with E-state index in [9.17, 15) is 13.2 Å². The highest BCUT2D eigenvalue weighted by Crippen LogP contribution is 2.32. The summed E-state index contributed by atoms with van der Waals surface area (Å²) in [6, 6.07) is 6.76. The van der Waals surface area contributed by atoms with Crippen LogP contribution in [0.25, 0.3) is 0 Å². The minimum absolute atomic E-state index is 0.424. The van der Waals surface area contributed by atoms with Crippen LogP contribution in [-0.2, 0) is 4.84 Å². The van der Waals surface area contributed by atoms with E-state index >= 15 is 0 Å². The summed E-state index contributed by atoms with van der Waals surface area (Å²) < 4.78 is 37.1. The van der Waals surface area contributed by atoms with E-state index in [1.807, 2.05) is 24.9 Å². The Labute approximate surface area is 104 Å². The van der Waals surface area contributed by atoms with Crippen LogP contribution in [0.5, 0.6) is 0 Å². The average Bonchev–Trinajstić information content (AvgIpc) is 2.34. The predicted octanol–water partition coefficient (Wildman–Crippen LogP) is 3.03. The zero-order valence-corrected chi connectivity index (χ0v) is 10.4. The summed E-state index contributed by atoms with van der Waals surface area (Å²) >= 11 is 0. The van der Waals surface area contributed by atoms with Gasteiger partial charge in [0.2, 0.25) is 0 Å². The molecule has 102 valence electrons. The van der Waals surface area contributed by atoms with Gasteiger partial charge in [-0.1, -0.05) is 12.1 Å². The Morgan fingerprint density at radius 2 is 2.06 bits per heavy atom. The third kappa shape index (κ3) is 4.19. The lowest BCUT2D eigenvalue weighted by Crippen LogP contribution is -2.20. The summed E-state index contributed by atoms with van der Waals surface area (Å²) in [5, 5.41) is 0. The Morgan fingerprint density at radius 3 is 2.56 bits per heavy atom. The second kappa shape index (κ2) is 6.06. The highest BCUT2D eigenvalue weighted by Gasteiger charge is 2.33. The summed E-state index contributed by atoms with van der Waals surface area (Å²) in [7, 11) is 1.86. The van der Waals surface area contributed by atoms with Gasteiger partial charge in [0.25, 0.3) is 0 Å². The quantitative estimate of drug-likeness (QED) is 0.829. The molecule has 1 atom stereocenters. The second-order valence-corrected chi connectivity index (χ2v) is 4.05. The normalized spacial score (nSPS) is 13.4. The summed E-state index contributed by atoms with van der Waals surface area (Å²) in [6.45, 7) is 2.72. The molecule has 0 aliphatic rings. The minimum atomic E-state index is -4.31. The molecule has 1 aromatic carbocycles. The van der Waals surface area contributed by atoms with Crippen molar-refractivity contribution in [2.24, 2.45) is 5.90 Å². The number of hydrogen-bond acceptors (Lipinski definition) is 3. The fraction of sp³-hybridized carbons (Fsp3) is 0.500. The number of halogens is 3. The highest BCUT2D eigenvalue weighted by molar-refractivity contribution is 5.48. The van der Waals surface area contributed by atoms with Gasteiger partial charge in [0.15, 0.2) is 0 Å². The number of hydrogen-bond donors (Lipinski definition) is 1. The molecule has 0 aliphatic carbocycles. The van der Waals surface area contributed by atoms with Gasteiger partial charge in [0.1, 0.15) is 6.10 Å². The Morgan fingerprint density at radius 1 is 1.39 bits per heavy atom. The molecule has 0 aliphatic heterocycles. The number of alkyl halides is 3. The Hall–Kier alpha value is -1.27. The van der Waals surface area contributed by atoms with Gasteiger partial charge in [-0.15, -0.1) is 0 Å². The van der Waals surface area contributed by atoms with Crippen molar-refractivity contribution in [1.82, 2.24) is 0 Å². The standard InChI is InChI=1S/C12H17F3N2O/c1-3-17(2)10-6-4-5-9(7-10)11(18-16)8-12(13,14)15/h4-7,11H,3,8,16H2,1-2H3. The van der Waals surface area contributed by atoms with Crippen LogP contribution in [0.3, 0.4) is 0 Å². The van der Waals surface area contributed by atoms with Crippen molar-refractivity contribution in [1.29, 1.82) is 0 Å². The van der Waals surface area contributed by atoms with Crippen molar-refractivity contribution in [2.75, 3.05) is 18.5 Å². The van der Waals surface area contributed by atoms with Gasteiger partial charge < -0.3 is 4.90 Å². The summed E-state index contributed by atoms with van der Waals surface area (Å²) in [5.41, 5.74) is 1.26. The molecule has 0 fully saturated rings. The highest BCUT2D eigenvalue weighted by atomic mass is 19.4. The third-order valence-electron chi connectivity index (χ3n) is 2.74. The number of benzene rings is 1. The third-order valence-corrected chi connectivity index (χ3v) is 2.74. The monoisotopic (exact) mass is 262 g/mol. The summed E-state index contributed by atoms with van der Waals surface area (Å²) in [6.07, 6.45) is -6.57. The van der Waals surface area contributed by atoms with Crippen molar-refractivity contribution in [3.05, 3.63) is 29.8 Å². The van der Waals surface area contributed by atoms with Crippen LogP contribution < -0.4 is 10.8 Å². The number of nitrogens with two attached hydrogens (primary N) is 1. The summed E-state index contributed by atoms with van der Waals surface area (Å²) in [4.78, 5) is 6.36. The van der Waals surface area contributed by atoms with Gasteiger partial charge in [-0.25, -0.2) is 5.90 Å². The van der Waals surface area contributed by atoms with E-state index in [1.54, 1.807) is 18.2 Å². The van der Waals surface area contributed by atoms with Gasteiger partial charge in [0.05, 0.1) is 6.42 Å². The molecule has 1 rings (SSSR count). The van der Waals surface area contributed by atoms with Crippen molar-refractivity contribution >= 4 is 5.69 Å². The molecule has 2 N–H and O–H groups in total. The molecular weight excluding hydrogens is 245 g/mol. The van der Waals surface area contributed by atoms with Crippen LogP contribution in [0.1, 0.15) is 25.0 Å².